The second-order valence-electron chi connectivity index (χ2n) is 7.47. The summed E-state index contributed by atoms with van der Waals surface area (Å²) in [5.41, 5.74) is 0.991. The molecule has 1 fully saturated rings. The van der Waals surface area contributed by atoms with E-state index in [1.807, 2.05) is 41.4 Å². The van der Waals surface area contributed by atoms with Crippen LogP contribution in [0.3, 0.4) is 0 Å². The van der Waals surface area contributed by atoms with Crippen molar-refractivity contribution in [1.82, 2.24) is 14.2 Å². The summed E-state index contributed by atoms with van der Waals surface area (Å²) in [6.07, 6.45) is 4.12. The molecule has 0 bridgehead atoms. The van der Waals surface area contributed by atoms with Crippen molar-refractivity contribution in [2.75, 3.05) is 19.6 Å². The molecule has 154 valence electrons. The Kier molecular flexibility index (Phi) is 5.76. The van der Waals surface area contributed by atoms with Gasteiger partial charge in [-0.25, -0.2) is 8.42 Å². The average molecular weight is 432 g/mol. The molecule has 1 aliphatic heterocycles. The number of sulfonamides is 1. The lowest BCUT2D eigenvalue weighted by Crippen LogP contribution is -2.45. The second-order valence-corrected chi connectivity index (χ2v) is 10.4. The molecule has 1 aliphatic rings. The van der Waals surface area contributed by atoms with Crippen LogP contribution in [0.4, 0.5) is 0 Å². The highest BCUT2D eigenvalue weighted by Crippen LogP contribution is 2.26. The topological polar surface area (TPSA) is 71.4 Å². The van der Waals surface area contributed by atoms with Crippen LogP contribution in [0, 0.1) is 5.92 Å². The van der Waals surface area contributed by atoms with Gasteiger partial charge in [0.15, 0.2) is 0 Å². The zero-order valence-corrected chi connectivity index (χ0v) is 18.0. The largest absolute Gasteiger partial charge is 0.355 e. The van der Waals surface area contributed by atoms with Crippen LogP contribution in [0.1, 0.15) is 17.7 Å². The van der Waals surface area contributed by atoms with Crippen LogP contribution >= 0.6 is 11.3 Å². The summed E-state index contributed by atoms with van der Waals surface area (Å²) in [7, 11) is -1.69. The number of carbonyl (C=O) groups excluding carboxylic acids is 1. The van der Waals surface area contributed by atoms with Crippen LogP contribution in [-0.2, 0) is 28.3 Å². The molecule has 1 atom stereocenters. The number of nitrogens with zero attached hydrogens (tertiary/aromatic N) is 2. The van der Waals surface area contributed by atoms with Crippen molar-refractivity contribution in [2.45, 2.75) is 24.2 Å². The van der Waals surface area contributed by atoms with E-state index < -0.39 is 10.0 Å². The van der Waals surface area contributed by atoms with E-state index in [4.69, 9.17) is 0 Å². The third-order valence-corrected chi connectivity index (χ3v) is 8.30. The normalized spacial score (nSPS) is 18.2. The van der Waals surface area contributed by atoms with Crippen molar-refractivity contribution in [2.24, 2.45) is 13.0 Å². The summed E-state index contributed by atoms with van der Waals surface area (Å²) in [6, 6.07) is 11.2. The Labute approximate surface area is 175 Å². The number of thiophene rings is 1. The SMILES string of the molecule is Cn1ccc2cc(S(=O)(=O)N3CCC[C@@H](C(=O)NCCc4cccs4)C3)ccc21. The number of piperidine rings is 1. The van der Waals surface area contributed by atoms with Crippen LogP contribution in [-0.4, -0.2) is 42.8 Å². The number of rotatable bonds is 6. The first-order chi connectivity index (χ1) is 13.9. The molecule has 0 spiro atoms. The van der Waals surface area contributed by atoms with Crippen molar-refractivity contribution in [3.8, 4) is 0 Å². The molecule has 29 heavy (non-hydrogen) atoms. The lowest BCUT2D eigenvalue weighted by Gasteiger charge is -2.31. The maximum Gasteiger partial charge on any atom is 0.243 e. The third-order valence-electron chi connectivity index (χ3n) is 5.50. The summed E-state index contributed by atoms with van der Waals surface area (Å²) < 4.78 is 29.8. The van der Waals surface area contributed by atoms with Gasteiger partial charge in [0.2, 0.25) is 15.9 Å². The Hall–Kier alpha value is -2.16. The average Bonchev–Trinajstić information content (AvgIpc) is 3.38. The zero-order chi connectivity index (χ0) is 20.4. The Bertz CT molecular complexity index is 1100. The molecule has 3 aromatic rings. The highest BCUT2D eigenvalue weighted by Gasteiger charge is 2.33. The van der Waals surface area contributed by atoms with E-state index in [-0.39, 0.29) is 23.3 Å². The maximum atomic E-state index is 13.2. The standard InChI is InChI=1S/C21H25N3O3S2/c1-23-12-9-16-14-19(6-7-20(16)23)29(26,27)24-11-2-4-17(15-24)21(25)22-10-8-18-5-3-13-28-18/h3,5-7,9,12-14,17H,2,4,8,10-11,15H2,1H3,(H,22,25)/t17-/m1/s1. The molecule has 1 N–H and O–H groups in total. The zero-order valence-electron chi connectivity index (χ0n) is 16.4. The fraction of sp³-hybridized carbons (Fsp3) is 0.381. The number of hydrogen-bond acceptors (Lipinski definition) is 4. The van der Waals surface area contributed by atoms with Gasteiger partial charge in [0, 0.05) is 48.7 Å². The van der Waals surface area contributed by atoms with Crippen molar-refractivity contribution in [3.05, 3.63) is 52.9 Å². The minimum atomic E-state index is -3.62. The van der Waals surface area contributed by atoms with E-state index in [1.54, 1.807) is 23.5 Å². The van der Waals surface area contributed by atoms with E-state index in [0.29, 0.717) is 25.9 Å². The van der Waals surface area contributed by atoms with Gasteiger partial charge >= 0.3 is 0 Å². The molecule has 2 aromatic heterocycles. The molecule has 0 unspecified atom stereocenters. The first-order valence-corrected chi connectivity index (χ1v) is 12.1. The summed E-state index contributed by atoms with van der Waals surface area (Å²) in [5, 5.41) is 5.89. The third kappa shape index (κ3) is 4.24. The lowest BCUT2D eigenvalue weighted by molar-refractivity contribution is -0.126. The summed E-state index contributed by atoms with van der Waals surface area (Å²) in [4.78, 5) is 14.1. The molecule has 0 saturated carbocycles. The maximum absolute atomic E-state index is 13.2. The molecule has 0 radical (unpaired) electrons. The number of nitrogens with one attached hydrogen (secondary N) is 1. The Balaban J connectivity index is 1.42. The summed E-state index contributed by atoms with van der Waals surface area (Å²) in [6.45, 7) is 1.27. The van der Waals surface area contributed by atoms with Crippen LogP contribution in [0.15, 0.2) is 52.9 Å². The summed E-state index contributed by atoms with van der Waals surface area (Å²) in [5.74, 6) is -0.359. The number of fused-ring (bicyclic) bond motifs is 1. The van der Waals surface area contributed by atoms with Gasteiger partial charge in [-0.1, -0.05) is 6.07 Å². The van der Waals surface area contributed by atoms with Gasteiger partial charge in [-0.3, -0.25) is 4.79 Å². The molecular weight excluding hydrogens is 406 g/mol. The number of hydrogen-bond donors (Lipinski definition) is 1. The molecule has 1 amide bonds. The monoisotopic (exact) mass is 431 g/mol. The fourth-order valence-corrected chi connectivity index (χ4v) is 6.12. The number of amides is 1. The predicted molar refractivity (Wildman–Crippen MR) is 115 cm³/mol. The molecule has 0 aliphatic carbocycles. The Morgan fingerprint density at radius 3 is 2.93 bits per heavy atom. The molecular formula is C21H25N3O3S2. The van der Waals surface area contributed by atoms with Gasteiger partial charge in [0.05, 0.1) is 10.8 Å². The minimum Gasteiger partial charge on any atom is -0.355 e. The van der Waals surface area contributed by atoms with Crippen LogP contribution in [0.2, 0.25) is 0 Å². The molecule has 3 heterocycles. The van der Waals surface area contributed by atoms with E-state index in [0.717, 1.165) is 17.3 Å². The van der Waals surface area contributed by atoms with Gasteiger partial charge in [-0.2, -0.15) is 4.31 Å². The first kappa shape index (κ1) is 20.1. The lowest BCUT2D eigenvalue weighted by atomic mass is 9.99. The first-order valence-electron chi connectivity index (χ1n) is 9.80. The quantitative estimate of drug-likeness (QED) is 0.652. The minimum absolute atomic E-state index is 0.0556. The van der Waals surface area contributed by atoms with Crippen molar-refractivity contribution in [1.29, 1.82) is 0 Å². The number of aryl methyl sites for hydroxylation is 1. The molecule has 8 heteroatoms. The highest BCUT2D eigenvalue weighted by atomic mass is 32.2. The van der Waals surface area contributed by atoms with Crippen LogP contribution in [0.5, 0.6) is 0 Å². The van der Waals surface area contributed by atoms with Gasteiger partial charge in [0.1, 0.15) is 0 Å². The molecule has 1 saturated heterocycles. The Morgan fingerprint density at radius 2 is 2.14 bits per heavy atom. The van der Waals surface area contributed by atoms with Crippen molar-refractivity contribution < 1.29 is 13.2 Å². The number of benzene rings is 1. The smallest absolute Gasteiger partial charge is 0.243 e. The van der Waals surface area contributed by atoms with Crippen molar-refractivity contribution >= 4 is 38.2 Å². The van der Waals surface area contributed by atoms with Gasteiger partial charge in [-0.15, -0.1) is 11.3 Å². The highest BCUT2D eigenvalue weighted by molar-refractivity contribution is 7.89. The van der Waals surface area contributed by atoms with E-state index in [9.17, 15) is 13.2 Å². The van der Waals surface area contributed by atoms with Gasteiger partial charge in [0.25, 0.3) is 0 Å². The number of carbonyl (C=O) groups is 1. The van der Waals surface area contributed by atoms with Crippen LogP contribution in [0.25, 0.3) is 10.9 Å². The van der Waals surface area contributed by atoms with Crippen molar-refractivity contribution in [3.63, 3.8) is 0 Å². The van der Waals surface area contributed by atoms with Gasteiger partial charge < -0.3 is 9.88 Å². The van der Waals surface area contributed by atoms with Crippen LogP contribution < -0.4 is 5.32 Å². The Morgan fingerprint density at radius 1 is 1.28 bits per heavy atom. The van der Waals surface area contributed by atoms with E-state index in [1.165, 1.54) is 9.18 Å². The fourth-order valence-electron chi connectivity index (χ4n) is 3.85. The molecule has 6 nitrogen and oxygen atoms in total. The predicted octanol–water partition coefficient (Wildman–Crippen LogP) is 3.00. The number of aromatic nitrogens is 1. The van der Waals surface area contributed by atoms with Gasteiger partial charge in [-0.05, 0) is 55.0 Å². The molecule has 1 aromatic carbocycles. The molecule has 4 rings (SSSR count). The summed E-state index contributed by atoms with van der Waals surface area (Å²) >= 11 is 1.67. The van der Waals surface area contributed by atoms with E-state index >= 15 is 0 Å². The van der Waals surface area contributed by atoms with E-state index in [2.05, 4.69) is 11.4 Å². The second kappa shape index (κ2) is 8.30.